The van der Waals surface area contributed by atoms with E-state index in [9.17, 15) is 0 Å². The minimum Gasteiger partial charge on any atom is -0.397 e. The molecule has 3 heteroatoms. The van der Waals surface area contributed by atoms with Gasteiger partial charge in [-0.05, 0) is 38.5 Å². The second-order valence-electron chi connectivity index (χ2n) is 5.18. The Hall–Kier alpha value is -1.22. The molecule has 0 radical (unpaired) electrons. The monoisotopic (exact) mass is 233 g/mol. The molecule has 2 rings (SSSR count). The standard InChI is InChI=1S/C14H23N3/c1-11(2)16-6-8-17(9-7-16)14-10-12(3)4-5-13(14)15/h4-5,10-11H,6-9,15H2,1-3H3. The maximum absolute atomic E-state index is 6.06. The van der Waals surface area contributed by atoms with E-state index in [1.807, 2.05) is 6.07 Å². The summed E-state index contributed by atoms with van der Waals surface area (Å²) in [5.74, 6) is 0. The Bertz CT molecular complexity index is 379. The first-order valence-corrected chi connectivity index (χ1v) is 6.43. The molecule has 1 aliphatic rings. The molecule has 1 aromatic rings. The van der Waals surface area contributed by atoms with Gasteiger partial charge in [0, 0.05) is 32.2 Å². The quantitative estimate of drug-likeness (QED) is 0.794. The van der Waals surface area contributed by atoms with Crippen LogP contribution in [0.2, 0.25) is 0 Å². The third-order valence-corrected chi connectivity index (χ3v) is 3.57. The Balaban J connectivity index is 2.07. The van der Waals surface area contributed by atoms with Gasteiger partial charge in [0.1, 0.15) is 0 Å². The molecule has 2 N–H and O–H groups in total. The average Bonchev–Trinajstić information content (AvgIpc) is 2.32. The number of nitrogen functional groups attached to an aromatic ring is 1. The fourth-order valence-corrected chi connectivity index (χ4v) is 2.41. The van der Waals surface area contributed by atoms with Crippen LogP contribution in [0.1, 0.15) is 19.4 Å². The molecule has 94 valence electrons. The molecule has 3 nitrogen and oxygen atoms in total. The van der Waals surface area contributed by atoms with E-state index in [0.717, 1.165) is 31.9 Å². The lowest BCUT2D eigenvalue weighted by atomic mass is 10.1. The van der Waals surface area contributed by atoms with Crippen molar-refractivity contribution in [2.75, 3.05) is 36.8 Å². The highest BCUT2D eigenvalue weighted by atomic mass is 15.3. The van der Waals surface area contributed by atoms with Crippen molar-refractivity contribution >= 4 is 11.4 Å². The molecule has 1 aliphatic heterocycles. The van der Waals surface area contributed by atoms with E-state index in [1.54, 1.807) is 0 Å². The van der Waals surface area contributed by atoms with Gasteiger partial charge < -0.3 is 10.6 Å². The van der Waals surface area contributed by atoms with Crippen molar-refractivity contribution in [3.05, 3.63) is 23.8 Å². The van der Waals surface area contributed by atoms with E-state index in [2.05, 4.69) is 42.7 Å². The van der Waals surface area contributed by atoms with Crippen LogP contribution in [0.3, 0.4) is 0 Å². The molecule has 1 fully saturated rings. The Morgan fingerprint density at radius 3 is 2.35 bits per heavy atom. The lowest BCUT2D eigenvalue weighted by Crippen LogP contribution is -2.49. The highest BCUT2D eigenvalue weighted by molar-refractivity contribution is 5.68. The first-order chi connectivity index (χ1) is 8.08. The van der Waals surface area contributed by atoms with Crippen molar-refractivity contribution in [1.82, 2.24) is 4.90 Å². The van der Waals surface area contributed by atoms with Gasteiger partial charge in [0.2, 0.25) is 0 Å². The summed E-state index contributed by atoms with van der Waals surface area (Å²) in [6.45, 7) is 11.1. The van der Waals surface area contributed by atoms with Gasteiger partial charge in [-0.3, -0.25) is 4.90 Å². The van der Waals surface area contributed by atoms with E-state index in [-0.39, 0.29) is 0 Å². The lowest BCUT2D eigenvalue weighted by Gasteiger charge is -2.38. The fourth-order valence-electron chi connectivity index (χ4n) is 2.41. The van der Waals surface area contributed by atoms with Crippen molar-refractivity contribution in [3.63, 3.8) is 0 Å². The van der Waals surface area contributed by atoms with Gasteiger partial charge in [0.15, 0.2) is 0 Å². The topological polar surface area (TPSA) is 32.5 Å². The normalized spacial score (nSPS) is 17.8. The Morgan fingerprint density at radius 2 is 1.76 bits per heavy atom. The molecule has 17 heavy (non-hydrogen) atoms. The van der Waals surface area contributed by atoms with Gasteiger partial charge in [-0.2, -0.15) is 0 Å². The van der Waals surface area contributed by atoms with Crippen molar-refractivity contribution in [1.29, 1.82) is 0 Å². The number of hydrogen-bond acceptors (Lipinski definition) is 3. The maximum Gasteiger partial charge on any atom is 0.0603 e. The van der Waals surface area contributed by atoms with E-state index in [4.69, 9.17) is 5.73 Å². The zero-order valence-electron chi connectivity index (χ0n) is 11.1. The number of nitrogens with two attached hydrogens (primary N) is 1. The van der Waals surface area contributed by atoms with Crippen LogP contribution in [0.25, 0.3) is 0 Å². The second-order valence-corrected chi connectivity index (χ2v) is 5.18. The van der Waals surface area contributed by atoms with Crippen LogP contribution < -0.4 is 10.6 Å². The van der Waals surface area contributed by atoms with Crippen LogP contribution in [0.4, 0.5) is 11.4 Å². The molecule has 0 unspecified atom stereocenters. The van der Waals surface area contributed by atoms with Gasteiger partial charge in [-0.15, -0.1) is 0 Å². The minimum atomic E-state index is 0.645. The third kappa shape index (κ3) is 2.72. The number of hydrogen-bond donors (Lipinski definition) is 1. The van der Waals surface area contributed by atoms with Crippen LogP contribution in [0.5, 0.6) is 0 Å². The van der Waals surface area contributed by atoms with Crippen molar-refractivity contribution < 1.29 is 0 Å². The lowest BCUT2D eigenvalue weighted by molar-refractivity contribution is 0.209. The van der Waals surface area contributed by atoms with Crippen LogP contribution >= 0.6 is 0 Å². The smallest absolute Gasteiger partial charge is 0.0603 e. The summed E-state index contributed by atoms with van der Waals surface area (Å²) < 4.78 is 0. The number of rotatable bonds is 2. The highest BCUT2D eigenvalue weighted by Crippen LogP contribution is 2.25. The number of anilines is 2. The fraction of sp³-hybridized carbons (Fsp3) is 0.571. The molecule has 1 heterocycles. The summed E-state index contributed by atoms with van der Waals surface area (Å²) in [5, 5.41) is 0. The minimum absolute atomic E-state index is 0.645. The molecular weight excluding hydrogens is 210 g/mol. The predicted octanol–water partition coefficient (Wildman–Crippen LogP) is 2.11. The molecule has 0 amide bonds. The van der Waals surface area contributed by atoms with Gasteiger partial charge in [-0.25, -0.2) is 0 Å². The second kappa shape index (κ2) is 4.96. The average molecular weight is 233 g/mol. The molecule has 0 aliphatic carbocycles. The Morgan fingerprint density at radius 1 is 1.12 bits per heavy atom. The summed E-state index contributed by atoms with van der Waals surface area (Å²) in [4.78, 5) is 4.92. The maximum atomic E-state index is 6.06. The summed E-state index contributed by atoms with van der Waals surface area (Å²) in [6, 6.07) is 6.93. The van der Waals surface area contributed by atoms with Gasteiger partial charge in [0.05, 0.1) is 11.4 Å². The summed E-state index contributed by atoms with van der Waals surface area (Å²) in [5.41, 5.74) is 9.44. The Kier molecular flexibility index (Phi) is 3.57. The third-order valence-electron chi connectivity index (χ3n) is 3.57. The molecule has 0 bridgehead atoms. The Labute approximate surface area is 104 Å². The van der Waals surface area contributed by atoms with Crippen molar-refractivity contribution in [2.24, 2.45) is 0 Å². The van der Waals surface area contributed by atoms with E-state index < -0.39 is 0 Å². The van der Waals surface area contributed by atoms with E-state index >= 15 is 0 Å². The zero-order chi connectivity index (χ0) is 12.4. The summed E-state index contributed by atoms with van der Waals surface area (Å²) >= 11 is 0. The number of nitrogens with zero attached hydrogens (tertiary/aromatic N) is 2. The first kappa shape index (κ1) is 12.2. The van der Waals surface area contributed by atoms with Crippen LogP contribution in [0.15, 0.2) is 18.2 Å². The number of benzene rings is 1. The highest BCUT2D eigenvalue weighted by Gasteiger charge is 2.20. The van der Waals surface area contributed by atoms with Gasteiger partial charge >= 0.3 is 0 Å². The largest absolute Gasteiger partial charge is 0.397 e. The molecule has 1 saturated heterocycles. The first-order valence-electron chi connectivity index (χ1n) is 6.43. The molecule has 0 atom stereocenters. The van der Waals surface area contributed by atoms with Crippen LogP contribution in [0, 0.1) is 6.92 Å². The molecule has 0 aromatic heterocycles. The predicted molar refractivity (Wildman–Crippen MR) is 74.5 cm³/mol. The van der Waals surface area contributed by atoms with Gasteiger partial charge in [-0.1, -0.05) is 6.07 Å². The molecule has 0 saturated carbocycles. The van der Waals surface area contributed by atoms with Crippen molar-refractivity contribution in [2.45, 2.75) is 26.8 Å². The number of aryl methyl sites for hydroxylation is 1. The van der Waals surface area contributed by atoms with Crippen LogP contribution in [-0.2, 0) is 0 Å². The molecule has 0 spiro atoms. The van der Waals surface area contributed by atoms with Crippen LogP contribution in [-0.4, -0.2) is 37.1 Å². The summed E-state index contributed by atoms with van der Waals surface area (Å²) in [7, 11) is 0. The molecular formula is C14H23N3. The molecule has 1 aromatic carbocycles. The SMILES string of the molecule is Cc1ccc(N)c(N2CCN(C(C)C)CC2)c1. The van der Waals surface area contributed by atoms with Gasteiger partial charge in [0.25, 0.3) is 0 Å². The number of piperazine rings is 1. The zero-order valence-corrected chi connectivity index (χ0v) is 11.1. The summed E-state index contributed by atoms with van der Waals surface area (Å²) in [6.07, 6.45) is 0. The van der Waals surface area contributed by atoms with Crippen molar-refractivity contribution in [3.8, 4) is 0 Å². The van der Waals surface area contributed by atoms with E-state index in [0.29, 0.717) is 6.04 Å². The van der Waals surface area contributed by atoms with E-state index in [1.165, 1.54) is 11.3 Å².